The number of aliphatic hydroxyl groups excluding tert-OH is 1. The van der Waals surface area contributed by atoms with Crippen LogP contribution >= 0.6 is 11.3 Å². The molecule has 0 unspecified atom stereocenters. The van der Waals surface area contributed by atoms with Gasteiger partial charge in [0, 0.05) is 18.2 Å². The summed E-state index contributed by atoms with van der Waals surface area (Å²) in [5.41, 5.74) is -0.117. The van der Waals surface area contributed by atoms with Crippen molar-refractivity contribution in [1.29, 1.82) is 0 Å². The Morgan fingerprint density at radius 3 is 2.47 bits per heavy atom. The average molecular weight is 442 g/mol. The molecule has 0 aromatic carbocycles. The molecule has 0 aliphatic rings. The molecule has 0 saturated carbocycles. The molecule has 3 atom stereocenters. The Balaban J connectivity index is 2.65. The third kappa shape index (κ3) is 8.70. The molecule has 0 aliphatic carbocycles. The summed E-state index contributed by atoms with van der Waals surface area (Å²) in [5.74, 6) is -0.705. The topological polar surface area (TPSA) is 101 Å². The molecule has 3 N–H and O–H groups in total. The Hall–Kier alpha value is -1.51. The number of carbonyl (C=O) groups excluding carboxylic acids is 2. The van der Waals surface area contributed by atoms with Crippen molar-refractivity contribution in [3.8, 4) is 0 Å². The zero-order chi connectivity index (χ0) is 22.9. The maximum absolute atomic E-state index is 12.7. The molecule has 0 spiro atoms. The first kappa shape index (κ1) is 26.5. The molecule has 1 aromatic heterocycles. The standard InChI is InChI=1S/C22H39N3O4S/c1-8-10-16(24-20(28)18(26)14(2)3)19(27)25-21-23-13-17(30-21)15(4)11-9-12-22(5,6)29-7/h13-16,18,26H,8-12H2,1-7H3,(H,24,28)(H,23,25,27)/t15-,16+,18+/m1/s1. The van der Waals surface area contributed by atoms with Crippen molar-refractivity contribution in [3.63, 3.8) is 0 Å². The molecule has 30 heavy (non-hydrogen) atoms. The maximum Gasteiger partial charge on any atom is 0.249 e. The molecule has 172 valence electrons. The van der Waals surface area contributed by atoms with Crippen LogP contribution < -0.4 is 10.6 Å². The number of aliphatic hydroxyl groups is 1. The van der Waals surface area contributed by atoms with Crippen LogP contribution in [0.1, 0.15) is 84.4 Å². The number of hydrogen-bond donors (Lipinski definition) is 3. The quantitative estimate of drug-likeness (QED) is 0.428. The first-order valence-electron chi connectivity index (χ1n) is 10.8. The highest BCUT2D eigenvalue weighted by atomic mass is 32.1. The Kier molecular flexibility index (Phi) is 10.9. The average Bonchev–Trinajstić information content (AvgIpc) is 3.15. The van der Waals surface area contributed by atoms with Gasteiger partial charge in [-0.15, -0.1) is 11.3 Å². The highest BCUT2D eigenvalue weighted by Crippen LogP contribution is 2.30. The van der Waals surface area contributed by atoms with Gasteiger partial charge in [0.25, 0.3) is 0 Å². The number of hydrogen-bond acceptors (Lipinski definition) is 6. The van der Waals surface area contributed by atoms with E-state index in [1.807, 2.05) is 13.1 Å². The van der Waals surface area contributed by atoms with E-state index >= 15 is 0 Å². The molecule has 0 radical (unpaired) electrons. The number of carbonyl (C=O) groups is 2. The minimum absolute atomic E-state index is 0.117. The summed E-state index contributed by atoms with van der Waals surface area (Å²) in [4.78, 5) is 30.3. The molecule has 1 aromatic rings. The fourth-order valence-electron chi connectivity index (χ4n) is 2.96. The van der Waals surface area contributed by atoms with Crippen molar-refractivity contribution in [1.82, 2.24) is 10.3 Å². The summed E-state index contributed by atoms with van der Waals surface area (Å²) in [7, 11) is 1.74. The van der Waals surface area contributed by atoms with Gasteiger partial charge < -0.3 is 20.5 Å². The van der Waals surface area contributed by atoms with Crippen molar-refractivity contribution in [2.75, 3.05) is 12.4 Å². The van der Waals surface area contributed by atoms with E-state index < -0.39 is 18.1 Å². The number of anilines is 1. The maximum atomic E-state index is 12.7. The van der Waals surface area contributed by atoms with E-state index in [0.717, 1.165) is 30.6 Å². The molecule has 1 rings (SSSR count). The van der Waals surface area contributed by atoms with E-state index in [1.54, 1.807) is 21.0 Å². The number of rotatable bonds is 13. The van der Waals surface area contributed by atoms with E-state index in [4.69, 9.17) is 4.74 Å². The van der Waals surface area contributed by atoms with Crippen LogP contribution in [0.2, 0.25) is 0 Å². The van der Waals surface area contributed by atoms with Crippen LogP contribution in [0.5, 0.6) is 0 Å². The molecule has 1 heterocycles. The van der Waals surface area contributed by atoms with Gasteiger partial charge >= 0.3 is 0 Å². The van der Waals surface area contributed by atoms with Crippen LogP contribution in [-0.2, 0) is 14.3 Å². The van der Waals surface area contributed by atoms with Crippen molar-refractivity contribution in [2.45, 2.75) is 97.3 Å². The fourth-order valence-corrected chi connectivity index (χ4v) is 3.87. The highest BCUT2D eigenvalue weighted by Gasteiger charge is 2.26. The smallest absolute Gasteiger partial charge is 0.249 e. The molecule has 0 bridgehead atoms. The molecule has 0 fully saturated rings. The second kappa shape index (κ2) is 12.4. The van der Waals surface area contributed by atoms with E-state index in [0.29, 0.717) is 17.5 Å². The number of aromatic nitrogens is 1. The molecule has 2 amide bonds. The van der Waals surface area contributed by atoms with Gasteiger partial charge in [-0.1, -0.05) is 34.1 Å². The van der Waals surface area contributed by atoms with Crippen LogP contribution in [0, 0.1) is 5.92 Å². The lowest BCUT2D eigenvalue weighted by atomic mass is 9.96. The largest absolute Gasteiger partial charge is 0.383 e. The fraction of sp³-hybridized carbons (Fsp3) is 0.773. The summed E-state index contributed by atoms with van der Waals surface area (Å²) >= 11 is 1.46. The van der Waals surface area contributed by atoms with E-state index in [-0.39, 0.29) is 17.4 Å². The first-order chi connectivity index (χ1) is 14.0. The van der Waals surface area contributed by atoms with Crippen molar-refractivity contribution in [3.05, 3.63) is 11.1 Å². The highest BCUT2D eigenvalue weighted by molar-refractivity contribution is 7.15. The normalized spacial score (nSPS) is 15.0. The number of nitrogens with zero attached hydrogens (tertiary/aromatic N) is 1. The van der Waals surface area contributed by atoms with Gasteiger partial charge in [-0.05, 0) is 51.4 Å². The van der Waals surface area contributed by atoms with Crippen LogP contribution in [0.3, 0.4) is 0 Å². The second-order valence-electron chi connectivity index (χ2n) is 8.85. The van der Waals surface area contributed by atoms with Gasteiger partial charge in [0.15, 0.2) is 5.13 Å². The number of thiazole rings is 1. The molecular formula is C22H39N3O4S. The van der Waals surface area contributed by atoms with Gasteiger partial charge in [-0.3, -0.25) is 9.59 Å². The predicted octanol–water partition coefficient (Wildman–Crippen LogP) is 4.08. The second-order valence-corrected chi connectivity index (χ2v) is 9.92. The summed E-state index contributed by atoms with van der Waals surface area (Å²) in [5, 5.41) is 15.9. The van der Waals surface area contributed by atoms with Gasteiger partial charge in [0.05, 0.1) is 5.60 Å². The SMILES string of the molecule is CCC[C@H](NC(=O)[C@@H](O)C(C)C)C(=O)Nc1ncc([C@H](C)CCCC(C)(C)OC)s1. The minimum atomic E-state index is -1.13. The van der Waals surface area contributed by atoms with Gasteiger partial charge in [0.2, 0.25) is 11.8 Å². The summed E-state index contributed by atoms with van der Waals surface area (Å²) in [6, 6.07) is -0.697. The summed E-state index contributed by atoms with van der Waals surface area (Å²) in [6.07, 6.45) is 4.95. The number of methoxy groups -OCH3 is 1. The van der Waals surface area contributed by atoms with Crippen molar-refractivity contribution in [2.24, 2.45) is 5.92 Å². The molecule has 0 aliphatic heterocycles. The van der Waals surface area contributed by atoms with Crippen LogP contribution in [-0.4, -0.2) is 46.8 Å². The number of ether oxygens (including phenoxy) is 1. The summed E-state index contributed by atoms with van der Waals surface area (Å²) in [6.45, 7) is 11.8. The number of amides is 2. The zero-order valence-electron chi connectivity index (χ0n) is 19.4. The third-order valence-corrected chi connectivity index (χ3v) is 6.46. The zero-order valence-corrected chi connectivity index (χ0v) is 20.3. The van der Waals surface area contributed by atoms with Crippen molar-refractivity contribution < 1.29 is 19.4 Å². The van der Waals surface area contributed by atoms with Crippen LogP contribution in [0.25, 0.3) is 0 Å². The lowest BCUT2D eigenvalue weighted by Gasteiger charge is -2.23. The third-order valence-electron chi connectivity index (χ3n) is 5.32. The summed E-state index contributed by atoms with van der Waals surface area (Å²) < 4.78 is 5.47. The Morgan fingerprint density at radius 2 is 1.90 bits per heavy atom. The molecular weight excluding hydrogens is 402 g/mol. The van der Waals surface area contributed by atoms with Gasteiger partial charge in [0.1, 0.15) is 12.1 Å². The van der Waals surface area contributed by atoms with Gasteiger partial charge in [-0.2, -0.15) is 0 Å². The first-order valence-corrected chi connectivity index (χ1v) is 11.6. The molecule has 0 saturated heterocycles. The predicted molar refractivity (Wildman–Crippen MR) is 122 cm³/mol. The Labute approximate surface area is 185 Å². The van der Waals surface area contributed by atoms with Crippen molar-refractivity contribution >= 4 is 28.3 Å². The Morgan fingerprint density at radius 1 is 1.23 bits per heavy atom. The van der Waals surface area contributed by atoms with Crippen LogP contribution in [0.4, 0.5) is 5.13 Å². The number of nitrogens with one attached hydrogen (secondary N) is 2. The Bertz CT molecular complexity index is 675. The lowest BCUT2D eigenvalue weighted by Crippen LogP contribution is -2.48. The minimum Gasteiger partial charge on any atom is -0.383 e. The molecule has 7 nitrogen and oxygen atoms in total. The lowest BCUT2D eigenvalue weighted by molar-refractivity contribution is -0.134. The monoisotopic (exact) mass is 441 g/mol. The molecule has 8 heteroatoms. The van der Waals surface area contributed by atoms with E-state index in [2.05, 4.69) is 36.4 Å². The van der Waals surface area contributed by atoms with E-state index in [1.165, 1.54) is 11.3 Å². The van der Waals surface area contributed by atoms with E-state index in [9.17, 15) is 14.7 Å². The van der Waals surface area contributed by atoms with Crippen LogP contribution in [0.15, 0.2) is 6.20 Å². The van der Waals surface area contributed by atoms with Gasteiger partial charge in [-0.25, -0.2) is 4.98 Å².